The summed E-state index contributed by atoms with van der Waals surface area (Å²) in [6, 6.07) is 8.42. The fourth-order valence-corrected chi connectivity index (χ4v) is 3.87. The van der Waals surface area contributed by atoms with Gasteiger partial charge in [0.05, 0.1) is 18.8 Å². The Labute approximate surface area is 173 Å². The number of para-hydroxylation sites is 1. The first-order valence-electron chi connectivity index (χ1n) is 9.38. The van der Waals surface area contributed by atoms with Gasteiger partial charge in [-0.25, -0.2) is 4.79 Å². The summed E-state index contributed by atoms with van der Waals surface area (Å²) in [5.41, 5.74) is 4.26. The number of hydrogen-bond donors (Lipinski definition) is 1. The lowest BCUT2D eigenvalue weighted by atomic mass is 9.68. The largest absolute Gasteiger partial charge is 0.465 e. The van der Waals surface area contributed by atoms with Crippen LogP contribution in [0.25, 0.3) is 0 Å². The van der Waals surface area contributed by atoms with Crippen LogP contribution in [-0.4, -0.2) is 42.5 Å². The lowest BCUT2D eigenvalue weighted by Crippen LogP contribution is -2.48. The lowest BCUT2D eigenvalue weighted by Gasteiger charge is -2.35. The monoisotopic (exact) mass is 411 g/mol. The van der Waals surface area contributed by atoms with Crippen molar-refractivity contribution in [3.63, 3.8) is 0 Å². The van der Waals surface area contributed by atoms with E-state index in [1.165, 1.54) is 6.92 Å². The first kappa shape index (κ1) is 20.9. The first-order chi connectivity index (χ1) is 14.3. The molecule has 1 aromatic carbocycles. The van der Waals surface area contributed by atoms with Gasteiger partial charge in [-0.1, -0.05) is 18.2 Å². The van der Waals surface area contributed by atoms with E-state index in [-0.39, 0.29) is 47.3 Å². The molecule has 156 valence electrons. The molecule has 2 heterocycles. The Morgan fingerprint density at radius 2 is 1.90 bits per heavy atom. The Kier molecular flexibility index (Phi) is 5.52. The van der Waals surface area contributed by atoms with E-state index in [0.29, 0.717) is 0 Å². The van der Waals surface area contributed by atoms with Crippen molar-refractivity contribution < 1.29 is 28.6 Å². The maximum atomic E-state index is 13.8. The highest BCUT2D eigenvalue weighted by Crippen LogP contribution is 2.53. The molecule has 2 aliphatic heterocycles. The number of nitrogens with zero attached hydrogens (tertiary/aromatic N) is 2. The van der Waals surface area contributed by atoms with Crippen molar-refractivity contribution in [1.29, 1.82) is 5.26 Å². The molecule has 0 aliphatic carbocycles. The second-order valence-corrected chi connectivity index (χ2v) is 6.58. The zero-order valence-corrected chi connectivity index (χ0v) is 16.9. The van der Waals surface area contributed by atoms with Gasteiger partial charge in [0.25, 0.3) is 0 Å². The summed E-state index contributed by atoms with van der Waals surface area (Å²) in [6.07, 6.45) is 0. The van der Waals surface area contributed by atoms with E-state index in [4.69, 9.17) is 19.9 Å². The number of allylic oxidation sites excluding steroid dienone is 1. The Morgan fingerprint density at radius 3 is 2.53 bits per heavy atom. The Morgan fingerprint density at radius 1 is 1.23 bits per heavy atom. The molecule has 1 amide bonds. The third kappa shape index (κ3) is 2.88. The number of amides is 1. The van der Waals surface area contributed by atoms with Crippen LogP contribution in [0, 0.1) is 11.3 Å². The van der Waals surface area contributed by atoms with Gasteiger partial charge in [0.2, 0.25) is 11.8 Å². The van der Waals surface area contributed by atoms with E-state index in [0.717, 1.165) is 4.90 Å². The standard InChI is InChI=1S/C21H21N3O6/c1-4-28-16(25)11-24-12(3)17(19(26)29-5-2)21(20(24)27)13-8-6-7-9-15(13)30-18(23)14(21)10-22/h6-9H,4-5,11,23H2,1-3H3/t21-/m0/s1. The van der Waals surface area contributed by atoms with Gasteiger partial charge >= 0.3 is 11.9 Å². The van der Waals surface area contributed by atoms with Crippen molar-refractivity contribution in [2.75, 3.05) is 19.8 Å². The average molecular weight is 411 g/mol. The first-order valence-corrected chi connectivity index (χ1v) is 9.38. The number of carbonyl (C=O) groups is 3. The van der Waals surface area contributed by atoms with Gasteiger partial charge < -0.3 is 24.8 Å². The summed E-state index contributed by atoms with van der Waals surface area (Å²) < 4.78 is 15.7. The van der Waals surface area contributed by atoms with Gasteiger partial charge in [-0.05, 0) is 26.8 Å². The molecule has 1 spiro atoms. The fraction of sp³-hybridized carbons (Fsp3) is 0.333. The molecule has 1 aromatic rings. The molecule has 0 aromatic heterocycles. The van der Waals surface area contributed by atoms with E-state index in [2.05, 4.69) is 0 Å². The van der Waals surface area contributed by atoms with Crippen molar-refractivity contribution in [1.82, 2.24) is 4.90 Å². The smallest absolute Gasteiger partial charge is 0.337 e. The number of benzene rings is 1. The van der Waals surface area contributed by atoms with Gasteiger partial charge in [-0.15, -0.1) is 0 Å². The van der Waals surface area contributed by atoms with Crippen molar-refractivity contribution >= 4 is 17.8 Å². The molecule has 0 saturated heterocycles. The molecular formula is C21H21N3O6. The summed E-state index contributed by atoms with van der Waals surface area (Å²) in [7, 11) is 0. The Hall–Kier alpha value is -3.80. The number of rotatable bonds is 5. The second kappa shape index (κ2) is 7.91. The SMILES string of the molecule is CCOC(=O)CN1C(=O)[C@@]2(C(C#N)=C(N)Oc3ccccc32)C(C(=O)OCC)=C1C. The zero-order valence-electron chi connectivity index (χ0n) is 16.9. The zero-order chi connectivity index (χ0) is 22.1. The number of esters is 2. The van der Waals surface area contributed by atoms with Gasteiger partial charge in [0.15, 0.2) is 5.41 Å². The quantitative estimate of drug-likeness (QED) is 0.716. The van der Waals surface area contributed by atoms with Gasteiger partial charge in [0, 0.05) is 11.3 Å². The number of fused-ring (bicyclic) bond motifs is 2. The van der Waals surface area contributed by atoms with Crippen LogP contribution in [0.5, 0.6) is 5.75 Å². The van der Waals surface area contributed by atoms with Gasteiger partial charge in [-0.2, -0.15) is 5.26 Å². The molecular weight excluding hydrogens is 390 g/mol. The van der Waals surface area contributed by atoms with Gasteiger partial charge in [-0.3, -0.25) is 9.59 Å². The molecule has 1 atom stereocenters. The van der Waals surface area contributed by atoms with E-state index in [1.54, 1.807) is 38.1 Å². The number of ether oxygens (including phenoxy) is 3. The molecule has 2 aliphatic rings. The number of nitriles is 1. The van der Waals surface area contributed by atoms with Crippen molar-refractivity contribution in [2.24, 2.45) is 5.73 Å². The Balaban J connectivity index is 2.33. The van der Waals surface area contributed by atoms with Crippen LogP contribution in [0.2, 0.25) is 0 Å². The van der Waals surface area contributed by atoms with Crippen LogP contribution in [0.15, 0.2) is 47.0 Å². The van der Waals surface area contributed by atoms with E-state index < -0.39 is 29.8 Å². The van der Waals surface area contributed by atoms with Gasteiger partial charge in [0.1, 0.15) is 23.9 Å². The average Bonchev–Trinajstić information content (AvgIpc) is 2.91. The van der Waals surface area contributed by atoms with Crippen LogP contribution >= 0.6 is 0 Å². The van der Waals surface area contributed by atoms with Crippen LogP contribution in [0.1, 0.15) is 26.3 Å². The third-order valence-electron chi connectivity index (χ3n) is 5.02. The van der Waals surface area contributed by atoms with Crippen LogP contribution in [0.4, 0.5) is 0 Å². The summed E-state index contributed by atoms with van der Waals surface area (Å²) in [5.74, 6) is -2.17. The number of carbonyl (C=O) groups excluding carboxylic acids is 3. The normalized spacial score (nSPS) is 20.1. The van der Waals surface area contributed by atoms with Crippen LogP contribution in [0.3, 0.4) is 0 Å². The molecule has 0 radical (unpaired) electrons. The molecule has 0 unspecified atom stereocenters. The number of hydrogen-bond acceptors (Lipinski definition) is 8. The molecule has 0 bridgehead atoms. The highest BCUT2D eigenvalue weighted by atomic mass is 16.5. The maximum absolute atomic E-state index is 13.8. The van der Waals surface area contributed by atoms with Crippen molar-refractivity contribution in [2.45, 2.75) is 26.2 Å². The second-order valence-electron chi connectivity index (χ2n) is 6.58. The predicted molar refractivity (Wildman–Crippen MR) is 103 cm³/mol. The summed E-state index contributed by atoms with van der Waals surface area (Å²) in [5, 5.41) is 9.89. The molecule has 2 N–H and O–H groups in total. The third-order valence-corrected chi connectivity index (χ3v) is 5.02. The molecule has 9 nitrogen and oxygen atoms in total. The topological polar surface area (TPSA) is 132 Å². The van der Waals surface area contributed by atoms with E-state index in [1.807, 2.05) is 6.07 Å². The number of nitrogens with two attached hydrogens (primary N) is 1. The fourth-order valence-electron chi connectivity index (χ4n) is 3.87. The summed E-state index contributed by atoms with van der Waals surface area (Å²) >= 11 is 0. The minimum atomic E-state index is -1.88. The molecule has 9 heteroatoms. The minimum Gasteiger partial charge on any atom is -0.465 e. The maximum Gasteiger partial charge on any atom is 0.337 e. The minimum absolute atomic E-state index is 0.0526. The molecule has 3 rings (SSSR count). The van der Waals surface area contributed by atoms with E-state index in [9.17, 15) is 19.6 Å². The highest BCUT2D eigenvalue weighted by molar-refractivity contribution is 6.13. The lowest BCUT2D eigenvalue weighted by molar-refractivity contribution is -0.148. The summed E-state index contributed by atoms with van der Waals surface area (Å²) in [4.78, 5) is 40.1. The molecule has 0 fully saturated rings. The predicted octanol–water partition coefficient (Wildman–Crippen LogP) is 1.25. The van der Waals surface area contributed by atoms with Crippen LogP contribution in [-0.2, 0) is 29.3 Å². The Bertz CT molecular complexity index is 1040. The van der Waals surface area contributed by atoms with Crippen molar-refractivity contribution in [3.8, 4) is 11.8 Å². The molecule has 30 heavy (non-hydrogen) atoms. The highest BCUT2D eigenvalue weighted by Gasteiger charge is 2.62. The van der Waals surface area contributed by atoms with Crippen LogP contribution < -0.4 is 10.5 Å². The molecule has 0 saturated carbocycles. The summed E-state index contributed by atoms with van der Waals surface area (Å²) in [6.45, 7) is 4.54. The van der Waals surface area contributed by atoms with Crippen molar-refractivity contribution in [3.05, 3.63) is 52.6 Å². The van der Waals surface area contributed by atoms with E-state index >= 15 is 0 Å².